The maximum Gasteiger partial charge on any atom is 0.217 e. The second-order valence-corrected chi connectivity index (χ2v) is 7.07. The van der Waals surface area contributed by atoms with E-state index in [0.29, 0.717) is 31.4 Å². The molecule has 3 N–H and O–H groups in total. The van der Waals surface area contributed by atoms with Crippen LogP contribution in [0.2, 0.25) is 0 Å². The fourth-order valence-electron chi connectivity index (χ4n) is 3.28. The lowest BCUT2D eigenvalue weighted by atomic mass is 9.93. The number of piperidine rings is 1. The summed E-state index contributed by atoms with van der Waals surface area (Å²) in [6.07, 6.45) is 1.89. The van der Waals surface area contributed by atoms with Gasteiger partial charge in [0.05, 0.1) is 0 Å². The van der Waals surface area contributed by atoms with Crippen LogP contribution in [0.25, 0.3) is 0 Å². The summed E-state index contributed by atoms with van der Waals surface area (Å²) in [5.41, 5.74) is 6.42. The van der Waals surface area contributed by atoms with E-state index >= 15 is 0 Å². The first-order valence-corrected chi connectivity index (χ1v) is 8.86. The summed E-state index contributed by atoms with van der Waals surface area (Å²) in [6, 6.07) is 7.99. The number of aliphatic hydroxyl groups excluding tert-OH is 1. The third kappa shape index (κ3) is 5.80. The van der Waals surface area contributed by atoms with Gasteiger partial charge in [-0.1, -0.05) is 32.0 Å². The van der Waals surface area contributed by atoms with Crippen molar-refractivity contribution in [2.24, 2.45) is 11.7 Å². The molecular weight excluding hydrogens is 304 g/mol. The van der Waals surface area contributed by atoms with Gasteiger partial charge in [0.25, 0.3) is 0 Å². The molecule has 1 saturated heterocycles. The number of rotatable bonds is 8. The van der Waals surface area contributed by atoms with Gasteiger partial charge in [0.15, 0.2) is 0 Å². The maximum atomic E-state index is 11.0. The Bertz CT molecular complexity index is 525. The summed E-state index contributed by atoms with van der Waals surface area (Å²) in [4.78, 5) is 13.2. The third-order valence-electron chi connectivity index (χ3n) is 4.64. The molecule has 1 fully saturated rings. The van der Waals surface area contributed by atoms with Gasteiger partial charge in [0, 0.05) is 13.0 Å². The first-order valence-electron chi connectivity index (χ1n) is 8.86. The Kier molecular flexibility index (Phi) is 7.06. The normalized spacial score (nSPS) is 17.8. The van der Waals surface area contributed by atoms with Crippen LogP contribution >= 0.6 is 0 Å². The molecular formula is C19H30N2O3. The zero-order valence-electron chi connectivity index (χ0n) is 14.8. The first kappa shape index (κ1) is 18.7. The molecule has 0 aliphatic carbocycles. The summed E-state index contributed by atoms with van der Waals surface area (Å²) in [5, 5.41) is 10.3. The second-order valence-electron chi connectivity index (χ2n) is 7.07. The highest BCUT2D eigenvalue weighted by Gasteiger charge is 2.22. The molecule has 1 amide bonds. The van der Waals surface area contributed by atoms with Crippen molar-refractivity contribution in [3.05, 3.63) is 29.8 Å². The third-order valence-corrected chi connectivity index (χ3v) is 4.64. The lowest BCUT2D eigenvalue weighted by molar-refractivity contribution is -0.119. The lowest BCUT2D eigenvalue weighted by Gasteiger charge is -2.32. The summed E-state index contributed by atoms with van der Waals surface area (Å²) in [7, 11) is 0. The molecule has 1 aliphatic heterocycles. The number of nitrogens with zero attached hydrogens (tertiary/aromatic N) is 1. The SMILES string of the molecule is CC(C)c1ccccc1OCC(O)CN1CCC(CC(N)=O)CC1. The predicted molar refractivity (Wildman–Crippen MR) is 95.0 cm³/mol. The number of benzene rings is 1. The van der Waals surface area contributed by atoms with E-state index in [1.807, 2.05) is 18.2 Å². The molecule has 5 nitrogen and oxygen atoms in total. The molecule has 1 atom stereocenters. The number of para-hydroxylation sites is 1. The predicted octanol–water partition coefficient (Wildman–Crippen LogP) is 2.14. The fourth-order valence-corrected chi connectivity index (χ4v) is 3.28. The largest absolute Gasteiger partial charge is 0.491 e. The fraction of sp³-hybridized carbons (Fsp3) is 0.632. The number of nitrogens with two attached hydrogens (primary N) is 1. The molecule has 1 aromatic carbocycles. The molecule has 0 bridgehead atoms. The topological polar surface area (TPSA) is 75.8 Å². The van der Waals surface area contributed by atoms with E-state index < -0.39 is 6.10 Å². The first-order chi connectivity index (χ1) is 11.5. The molecule has 0 radical (unpaired) electrons. The van der Waals surface area contributed by atoms with Crippen molar-refractivity contribution in [1.82, 2.24) is 4.90 Å². The number of carbonyl (C=O) groups excluding carboxylic acids is 1. The van der Waals surface area contributed by atoms with Crippen molar-refractivity contribution in [3.63, 3.8) is 0 Å². The average molecular weight is 334 g/mol. The molecule has 0 aromatic heterocycles. The zero-order chi connectivity index (χ0) is 17.5. The molecule has 5 heteroatoms. The molecule has 0 saturated carbocycles. The smallest absolute Gasteiger partial charge is 0.217 e. The molecule has 0 spiro atoms. The molecule has 134 valence electrons. The van der Waals surface area contributed by atoms with Crippen molar-refractivity contribution in [2.75, 3.05) is 26.2 Å². The van der Waals surface area contributed by atoms with Crippen LogP contribution in [0.5, 0.6) is 5.75 Å². The average Bonchev–Trinajstić information content (AvgIpc) is 2.54. The van der Waals surface area contributed by atoms with Crippen LogP contribution < -0.4 is 10.5 Å². The van der Waals surface area contributed by atoms with E-state index in [4.69, 9.17) is 10.5 Å². The molecule has 1 unspecified atom stereocenters. The summed E-state index contributed by atoms with van der Waals surface area (Å²) in [6.45, 7) is 6.97. The second kappa shape index (κ2) is 9.04. The van der Waals surface area contributed by atoms with Crippen molar-refractivity contribution >= 4 is 5.91 Å². The van der Waals surface area contributed by atoms with Crippen LogP contribution in [0.1, 0.15) is 44.6 Å². The number of amides is 1. The van der Waals surface area contributed by atoms with Gasteiger partial charge in [0.2, 0.25) is 5.91 Å². The van der Waals surface area contributed by atoms with E-state index in [9.17, 15) is 9.90 Å². The van der Waals surface area contributed by atoms with Crippen molar-refractivity contribution in [1.29, 1.82) is 0 Å². The Morgan fingerprint density at radius 3 is 2.62 bits per heavy atom. The number of carbonyl (C=O) groups is 1. The molecule has 24 heavy (non-hydrogen) atoms. The number of ether oxygens (including phenoxy) is 1. The number of likely N-dealkylation sites (tertiary alicyclic amines) is 1. The van der Waals surface area contributed by atoms with Gasteiger partial charge in [-0.25, -0.2) is 0 Å². The monoisotopic (exact) mass is 334 g/mol. The quantitative estimate of drug-likeness (QED) is 0.764. The zero-order valence-corrected chi connectivity index (χ0v) is 14.8. The van der Waals surface area contributed by atoms with Gasteiger partial charge in [-0.3, -0.25) is 4.79 Å². The molecule has 1 aliphatic rings. The highest BCUT2D eigenvalue weighted by atomic mass is 16.5. The van der Waals surface area contributed by atoms with Crippen LogP contribution in [0.15, 0.2) is 24.3 Å². The minimum Gasteiger partial charge on any atom is -0.491 e. The van der Waals surface area contributed by atoms with Crippen LogP contribution in [0.4, 0.5) is 0 Å². The Morgan fingerprint density at radius 2 is 2.00 bits per heavy atom. The van der Waals surface area contributed by atoms with Crippen molar-refractivity contribution in [3.8, 4) is 5.75 Å². The summed E-state index contributed by atoms with van der Waals surface area (Å²) < 4.78 is 5.84. The van der Waals surface area contributed by atoms with Crippen molar-refractivity contribution in [2.45, 2.75) is 45.1 Å². The van der Waals surface area contributed by atoms with E-state index in [1.165, 1.54) is 0 Å². The van der Waals surface area contributed by atoms with Gasteiger partial charge in [-0.05, 0) is 49.4 Å². The number of aliphatic hydroxyl groups is 1. The molecule has 1 heterocycles. The Balaban J connectivity index is 1.74. The maximum absolute atomic E-state index is 11.0. The van der Waals surface area contributed by atoms with Gasteiger partial charge in [0.1, 0.15) is 18.5 Å². The number of hydrogen-bond acceptors (Lipinski definition) is 4. The van der Waals surface area contributed by atoms with E-state index in [2.05, 4.69) is 24.8 Å². The van der Waals surface area contributed by atoms with Crippen LogP contribution in [-0.2, 0) is 4.79 Å². The van der Waals surface area contributed by atoms with Gasteiger partial charge in [-0.15, -0.1) is 0 Å². The van der Waals surface area contributed by atoms with E-state index in [-0.39, 0.29) is 5.91 Å². The van der Waals surface area contributed by atoms with Crippen LogP contribution in [0, 0.1) is 5.92 Å². The summed E-state index contributed by atoms with van der Waals surface area (Å²) in [5.74, 6) is 1.42. The van der Waals surface area contributed by atoms with E-state index in [0.717, 1.165) is 37.2 Å². The molecule has 2 rings (SSSR count). The molecule has 1 aromatic rings. The highest BCUT2D eigenvalue weighted by Crippen LogP contribution is 2.26. The Labute approximate surface area is 144 Å². The van der Waals surface area contributed by atoms with Gasteiger partial charge in [-0.2, -0.15) is 0 Å². The van der Waals surface area contributed by atoms with Gasteiger partial charge >= 0.3 is 0 Å². The van der Waals surface area contributed by atoms with Gasteiger partial charge < -0.3 is 20.5 Å². The van der Waals surface area contributed by atoms with E-state index in [1.54, 1.807) is 0 Å². The summed E-state index contributed by atoms with van der Waals surface area (Å²) >= 11 is 0. The lowest BCUT2D eigenvalue weighted by Crippen LogP contribution is -2.41. The standard InChI is InChI=1S/C19H30N2O3/c1-14(2)17-5-3-4-6-18(17)24-13-16(22)12-21-9-7-15(8-10-21)11-19(20)23/h3-6,14-16,22H,7-13H2,1-2H3,(H2,20,23). The Hall–Kier alpha value is -1.59. The minimum atomic E-state index is -0.516. The van der Waals surface area contributed by atoms with Crippen LogP contribution in [-0.4, -0.2) is 48.3 Å². The van der Waals surface area contributed by atoms with Crippen LogP contribution in [0.3, 0.4) is 0 Å². The number of β-amino-alcohol motifs (C(OH)–C–C–N with tert-alkyl or cyclic N) is 1. The van der Waals surface area contributed by atoms with Crippen molar-refractivity contribution < 1.29 is 14.6 Å². The number of hydrogen-bond donors (Lipinski definition) is 2. The highest BCUT2D eigenvalue weighted by molar-refractivity contribution is 5.73. The minimum absolute atomic E-state index is 0.217. The Morgan fingerprint density at radius 1 is 1.33 bits per heavy atom. The number of primary amides is 1.